The van der Waals surface area contributed by atoms with Gasteiger partial charge in [0.25, 0.3) is 5.56 Å². The minimum absolute atomic E-state index is 0.0112. The maximum Gasteiger partial charge on any atom is 0.330 e. The third-order valence-electron chi connectivity index (χ3n) is 8.59. The largest absolute Gasteiger partial charge is 0.534 e. The van der Waals surface area contributed by atoms with E-state index in [1.807, 2.05) is 57.2 Å². The fraction of sp³-hybridized carbons (Fsp3) is 0.268. The van der Waals surface area contributed by atoms with Crippen molar-refractivity contribution in [2.24, 2.45) is 0 Å². The molecule has 1 heterocycles. The maximum absolute atomic E-state index is 12.9. The number of nitrogens with zero attached hydrogens (tertiary/aromatic N) is 1. The highest BCUT2D eigenvalue weighted by molar-refractivity contribution is 7.00. The number of aryl methyl sites for hydroxylation is 2. The molecule has 0 amide bonds. The molecule has 0 aliphatic heterocycles. The third kappa shape index (κ3) is 7.62. The zero-order valence-electron chi connectivity index (χ0n) is 28.7. The lowest BCUT2D eigenvalue weighted by molar-refractivity contribution is 0.0980. The highest BCUT2D eigenvalue weighted by Gasteiger charge is 2.52. The number of hydrogen-bond acceptors (Lipinski definition) is 4. The Hall–Kier alpha value is -4.90. The quantitative estimate of drug-likeness (QED) is 0.109. The summed E-state index contributed by atoms with van der Waals surface area (Å²) in [4.78, 5) is 28.0. The second-order valence-corrected chi connectivity index (χ2v) is 17.4. The predicted octanol–water partition coefficient (Wildman–Crippen LogP) is 6.27. The number of aromatic amines is 1. The first-order chi connectivity index (χ1) is 23.0. The lowest BCUT2D eigenvalue weighted by Crippen LogP contribution is -2.68. The van der Waals surface area contributed by atoms with E-state index in [9.17, 15) is 9.59 Å². The van der Waals surface area contributed by atoms with Crippen LogP contribution < -0.4 is 26.0 Å². The van der Waals surface area contributed by atoms with E-state index in [0.29, 0.717) is 24.1 Å². The Balaban J connectivity index is 1.32. The van der Waals surface area contributed by atoms with E-state index >= 15 is 0 Å². The van der Waals surface area contributed by atoms with E-state index in [4.69, 9.17) is 9.16 Å². The molecule has 5 rings (SSSR count). The summed E-state index contributed by atoms with van der Waals surface area (Å²) in [6.45, 7) is 12.9. The van der Waals surface area contributed by atoms with E-state index in [-0.39, 0.29) is 23.9 Å². The number of rotatable bonds is 10. The van der Waals surface area contributed by atoms with E-state index in [1.54, 1.807) is 0 Å². The molecule has 6 nitrogen and oxygen atoms in total. The van der Waals surface area contributed by atoms with E-state index in [1.165, 1.54) is 14.9 Å². The molecule has 5 aromatic rings. The summed E-state index contributed by atoms with van der Waals surface area (Å²) in [6.07, 6.45) is 0.966. The van der Waals surface area contributed by atoms with Crippen molar-refractivity contribution in [2.75, 3.05) is 6.61 Å². The highest BCUT2D eigenvalue weighted by Crippen LogP contribution is 2.37. The van der Waals surface area contributed by atoms with Gasteiger partial charge in [-0.2, -0.15) is 0 Å². The van der Waals surface area contributed by atoms with Gasteiger partial charge in [0.1, 0.15) is 19.1 Å². The van der Waals surface area contributed by atoms with Crippen LogP contribution in [0.15, 0.2) is 113 Å². The summed E-state index contributed by atoms with van der Waals surface area (Å²) in [6, 6.07) is 35.3. The van der Waals surface area contributed by atoms with Crippen LogP contribution in [-0.4, -0.2) is 24.5 Å². The Labute approximate surface area is 284 Å². The van der Waals surface area contributed by atoms with Crippen LogP contribution in [0.2, 0.25) is 5.04 Å². The summed E-state index contributed by atoms with van der Waals surface area (Å²) in [7, 11) is -2.73. The van der Waals surface area contributed by atoms with Gasteiger partial charge >= 0.3 is 14.0 Å². The number of aromatic nitrogens is 2. The number of H-pyrrole nitrogens is 1. The van der Waals surface area contributed by atoms with Gasteiger partial charge in [-0.05, 0) is 65.5 Å². The summed E-state index contributed by atoms with van der Waals surface area (Å²) >= 11 is 0. The van der Waals surface area contributed by atoms with Crippen molar-refractivity contribution >= 4 is 18.7 Å². The molecule has 7 heteroatoms. The molecule has 0 radical (unpaired) electrons. The molecule has 246 valence electrons. The first-order valence-electron chi connectivity index (χ1n) is 16.4. The number of hydrogen-bond donors (Lipinski definition) is 1. The second-order valence-electron chi connectivity index (χ2n) is 13.2. The van der Waals surface area contributed by atoms with Crippen LogP contribution in [0.3, 0.4) is 0 Å². The van der Waals surface area contributed by atoms with Crippen molar-refractivity contribution in [3.05, 3.63) is 157 Å². The molecule has 1 N–H and O–H groups in total. The molecule has 0 saturated heterocycles. The molecule has 0 spiro atoms. The van der Waals surface area contributed by atoms with Gasteiger partial charge < -0.3 is 9.16 Å². The molecule has 1 aromatic heterocycles. The molecule has 48 heavy (non-hydrogen) atoms. The Morgan fingerprint density at radius 2 is 1.40 bits per heavy atom. The highest BCUT2D eigenvalue weighted by atomic mass is 28.4. The van der Waals surface area contributed by atoms with Gasteiger partial charge in [0.2, 0.25) is 0 Å². The summed E-state index contributed by atoms with van der Waals surface area (Å²) in [5.74, 6) is 7.03. The van der Waals surface area contributed by atoms with Crippen LogP contribution in [0.1, 0.15) is 61.2 Å². The molecule has 0 bridgehead atoms. The van der Waals surface area contributed by atoms with Crippen LogP contribution in [0.5, 0.6) is 5.75 Å². The van der Waals surface area contributed by atoms with Crippen molar-refractivity contribution in [3.8, 4) is 17.6 Å². The molecule has 0 aliphatic rings. The standard InChI is InChI=1S/C41H44N2O4Si/c1-7-37-38(28-33-26-30(2)25-31(3)27-33)43(40(45)42-39(37)44)29-46-24-14-15-32-20-22-34(23-21-32)47-48(41(4,5)6,35-16-10-8-11-17-35)36-18-12-9-13-19-36/h8-13,16-23,25-27H,7,24,28-29H2,1-6H3,(H,42,44,45). The Morgan fingerprint density at radius 1 is 0.812 bits per heavy atom. The van der Waals surface area contributed by atoms with Crippen LogP contribution in [0.25, 0.3) is 0 Å². The second kappa shape index (κ2) is 14.9. The Bertz CT molecular complexity index is 1970. The molecule has 0 atom stereocenters. The van der Waals surface area contributed by atoms with Gasteiger partial charge in [-0.15, -0.1) is 0 Å². The third-order valence-corrected chi connectivity index (χ3v) is 13.5. The topological polar surface area (TPSA) is 73.3 Å². The van der Waals surface area contributed by atoms with Gasteiger partial charge in [-0.1, -0.05) is 130 Å². The van der Waals surface area contributed by atoms with Gasteiger partial charge in [0.15, 0.2) is 0 Å². The van der Waals surface area contributed by atoms with Crippen molar-refractivity contribution in [2.45, 2.75) is 66.2 Å². The molecule has 0 unspecified atom stereocenters. The van der Waals surface area contributed by atoms with Crippen LogP contribution in [0.4, 0.5) is 0 Å². The zero-order chi connectivity index (χ0) is 34.3. The van der Waals surface area contributed by atoms with Crippen LogP contribution >= 0.6 is 0 Å². The smallest absolute Gasteiger partial charge is 0.330 e. The Kier molecular flexibility index (Phi) is 10.7. The monoisotopic (exact) mass is 656 g/mol. The van der Waals surface area contributed by atoms with Crippen LogP contribution in [-0.2, 0) is 24.3 Å². The van der Waals surface area contributed by atoms with Gasteiger partial charge in [-0.3, -0.25) is 14.3 Å². The van der Waals surface area contributed by atoms with Gasteiger partial charge in [-0.25, -0.2) is 4.79 Å². The molecule has 4 aromatic carbocycles. The van der Waals surface area contributed by atoms with Gasteiger partial charge in [0.05, 0.1) is 0 Å². The van der Waals surface area contributed by atoms with Crippen molar-refractivity contribution in [1.82, 2.24) is 9.55 Å². The van der Waals surface area contributed by atoms with E-state index in [2.05, 4.69) is 104 Å². The van der Waals surface area contributed by atoms with Crippen molar-refractivity contribution in [3.63, 3.8) is 0 Å². The summed E-state index contributed by atoms with van der Waals surface area (Å²) < 4.78 is 14.5. The fourth-order valence-corrected chi connectivity index (χ4v) is 10.9. The summed E-state index contributed by atoms with van der Waals surface area (Å²) in [5.41, 5.74) is 4.57. The van der Waals surface area contributed by atoms with Crippen molar-refractivity contribution < 1.29 is 9.16 Å². The minimum atomic E-state index is -2.73. The number of benzene rings is 4. The lowest BCUT2D eigenvalue weighted by atomic mass is 10.0. The average Bonchev–Trinajstić information content (AvgIpc) is 3.05. The summed E-state index contributed by atoms with van der Waals surface area (Å²) in [5, 5.41) is 2.29. The minimum Gasteiger partial charge on any atom is -0.534 e. The number of nitrogens with one attached hydrogen (secondary N) is 1. The molecule has 0 aliphatic carbocycles. The maximum atomic E-state index is 12.9. The first-order valence-corrected chi connectivity index (χ1v) is 18.3. The average molecular weight is 657 g/mol. The first kappa shape index (κ1) is 34.4. The van der Waals surface area contributed by atoms with E-state index < -0.39 is 14.0 Å². The molecule has 0 saturated carbocycles. The van der Waals surface area contributed by atoms with Crippen LogP contribution in [0, 0.1) is 25.7 Å². The predicted molar refractivity (Wildman–Crippen MR) is 197 cm³/mol. The molecule has 0 fully saturated rings. The van der Waals surface area contributed by atoms with Crippen molar-refractivity contribution in [1.29, 1.82) is 0 Å². The zero-order valence-corrected chi connectivity index (χ0v) is 29.7. The van der Waals surface area contributed by atoms with Gasteiger partial charge in [0, 0.05) is 23.2 Å². The fourth-order valence-electron chi connectivity index (χ4n) is 6.48. The molecular formula is C41H44N2O4Si. The molecular weight excluding hydrogens is 613 g/mol. The normalized spacial score (nSPS) is 11.5. The number of ether oxygens (including phenoxy) is 1. The Morgan fingerprint density at radius 3 is 1.94 bits per heavy atom. The van der Waals surface area contributed by atoms with E-state index in [0.717, 1.165) is 28.0 Å². The lowest BCUT2D eigenvalue weighted by Gasteiger charge is -2.43. The SMILES string of the molecule is CCc1c(Cc2cc(C)cc(C)c2)n(COCC#Cc2ccc(O[Si](c3ccccc3)(c3ccccc3)C(C)(C)C)cc2)c(=O)[nH]c1=O.